The number of aromatic nitrogens is 2. The number of imidazole rings is 1. The van der Waals surface area contributed by atoms with Crippen LogP contribution in [0.25, 0.3) is 15.4 Å². The van der Waals surface area contributed by atoms with Crippen molar-refractivity contribution in [2.24, 2.45) is 0 Å². The highest BCUT2D eigenvalue weighted by Crippen LogP contribution is 2.31. The summed E-state index contributed by atoms with van der Waals surface area (Å²) in [6.07, 6.45) is 13.0. The number of nitrogens with zero attached hydrogens (tertiary/aromatic N) is 4. The average Bonchev–Trinajstić information content (AvgIpc) is 3.92. The molecule has 0 bridgehead atoms. The number of unbranched alkanes of at least 4 members (excludes halogenated alkanes) is 1. The zero-order valence-corrected chi connectivity index (χ0v) is 28.6. The Labute approximate surface area is 293 Å². The second-order valence-corrected chi connectivity index (χ2v) is 13.6. The van der Waals surface area contributed by atoms with Crippen molar-refractivity contribution in [3.05, 3.63) is 60.5 Å². The molecule has 4 heterocycles. The Balaban J connectivity index is 1.06. The first-order valence-corrected chi connectivity index (χ1v) is 17.8. The minimum Gasteiger partial charge on any atom is -0.465 e. The number of fused-ring (bicyclic) bond motifs is 1. The van der Waals surface area contributed by atoms with Gasteiger partial charge in [-0.2, -0.15) is 0 Å². The summed E-state index contributed by atoms with van der Waals surface area (Å²) in [7, 11) is 0. The first-order valence-electron chi connectivity index (χ1n) is 17.0. The molecule has 4 N–H and O–H groups in total. The molecule has 0 spiro atoms. The number of thiazole rings is 1. The largest absolute Gasteiger partial charge is 0.465 e. The highest BCUT2D eigenvalue weighted by molar-refractivity contribution is 7.20. The minimum atomic E-state index is -1.30. The molecule has 50 heavy (non-hydrogen) atoms. The number of carboxylic acid groups (broad SMARTS) is 1. The van der Waals surface area contributed by atoms with E-state index >= 15 is 0 Å². The lowest BCUT2D eigenvalue weighted by Gasteiger charge is -2.29. The number of allylic oxidation sites excluding steroid dienone is 2. The number of rotatable bonds is 11. The van der Waals surface area contributed by atoms with E-state index in [-0.39, 0.29) is 11.8 Å². The predicted octanol–water partition coefficient (Wildman–Crippen LogP) is 5.24. The van der Waals surface area contributed by atoms with Gasteiger partial charge in [-0.05, 0) is 68.2 Å². The highest BCUT2D eigenvalue weighted by atomic mass is 32.1. The molecular formula is C35H41N7O7S. The van der Waals surface area contributed by atoms with Crippen LogP contribution in [0.15, 0.2) is 60.5 Å². The van der Waals surface area contributed by atoms with Gasteiger partial charge < -0.3 is 30.7 Å². The predicted molar refractivity (Wildman–Crippen MR) is 188 cm³/mol. The van der Waals surface area contributed by atoms with Crippen LogP contribution in [0.3, 0.4) is 0 Å². The van der Waals surface area contributed by atoms with Crippen LogP contribution in [0.1, 0.15) is 58.3 Å². The van der Waals surface area contributed by atoms with Gasteiger partial charge in [0.25, 0.3) is 5.91 Å². The number of nitrogens with one attached hydrogen (secondary N) is 3. The third-order valence-electron chi connectivity index (χ3n) is 9.07. The van der Waals surface area contributed by atoms with Gasteiger partial charge in [0.1, 0.15) is 18.1 Å². The molecule has 6 rings (SSSR count). The van der Waals surface area contributed by atoms with Crippen molar-refractivity contribution in [1.82, 2.24) is 24.5 Å². The van der Waals surface area contributed by atoms with Gasteiger partial charge in [-0.3, -0.25) is 23.7 Å². The normalized spacial score (nSPS) is 19.3. The Kier molecular flexibility index (Phi) is 10.8. The standard InChI is InChI=1S/C35H41N7O7S/c1-2-3-19-49-35(48)42-18-8-12-26(42)31(44)37-28-21-40-20-27(50-33(40)38-28)22-13-15-24(16-14-22)36-30(43)25-11-7-17-41(25)32(45)29(39-34(46)47)23-9-5-4-6-10-23/h5,9-10,13-16,20-21,25-26,29,39H,2-4,6-8,11-12,17-19H2,1H3,(H,36,43)(H,37,44)(H,46,47)/t25-,26-,29+/m0/s1. The molecule has 3 aromatic rings. The van der Waals surface area contributed by atoms with Crippen LogP contribution in [0.5, 0.6) is 0 Å². The van der Waals surface area contributed by atoms with E-state index in [2.05, 4.69) is 20.9 Å². The molecule has 1 aliphatic carbocycles. The van der Waals surface area contributed by atoms with Crippen LogP contribution < -0.4 is 16.0 Å². The number of carbonyl (C=O) groups excluding carboxylic acids is 4. The van der Waals surface area contributed by atoms with Gasteiger partial charge in [0.05, 0.1) is 17.7 Å². The van der Waals surface area contributed by atoms with Crippen molar-refractivity contribution in [2.45, 2.75) is 76.4 Å². The van der Waals surface area contributed by atoms with Gasteiger partial charge in [-0.15, -0.1) is 0 Å². The van der Waals surface area contributed by atoms with Crippen molar-refractivity contribution >= 4 is 57.7 Å². The summed E-state index contributed by atoms with van der Waals surface area (Å²) < 4.78 is 7.15. The summed E-state index contributed by atoms with van der Waals surface area (Å²) in [6.45, 7) is 3.20. The molecule has 0 radical (unpaired) electrons. The van der Waals surface area contributed by atoms with E-state index in [0.717, 1.165) is 36.1 Å². The highest BCUT2D eigenvalue weighted by Gasteiger charge is 2.39. The molecule has 3 aliphatic rings. The topological polar surface area (TPSA) is 175 Å². The number of ether oxygens (including phenoxy) is 1. The molecule has 2 saturated heterocycles. The van der Waals surface area contributed by atoms with Crippen molar-refractivity contribution < 1.29 is 33.8 Å². The second kappa shape index (κ2) is 15.6. The number of benzene rings is 1. The first kappa shape index (κ1) is 34.7. The van der Waals surface area contributed by atoms with Gasteiger partial charge in [-0.25, -0.2) is 14.6 Å². The van der Waals surface area contributed by atoms with Gasteiger partial charge in [0.2, 0.25) is 11.8 Å². The van der Waals surface area contributed by atoms with Gasteiger partial charge >= 0.3 is 12.2 Å². The molecule has 2 aliphatic heterocycles. The maximum atomic E-state index is 13.5. The monoisotopic (exact) mass is 703 g/mol. The molecule has 0 saturated carbocycles. The van der Waals surface area contributed by atoms with E-state index < -0.39 is 36.2 Å². The lowest BCUT2D eigenvalue weighted by Crippen LogP contribution is -2.53. The zero-order chi connectivity index (χ0) is 35.2. The van der Waals surface area contributed by atoms with E-state index in [9.17, 15) is 29.1 Å². The molecule has 1 aromatic carbocycles. The Morgan fingerprint density at radius 3 is 2.38 bits per heavy atom. The van der Waals surface area contributed by atoms with E-state index in [4.69, 9.17) is 4.74 Å². The van der Waals surface area contributed by atoms with E-state index in [1.54, 1.807) is 24.4 Å². The number of anilines is 2. The summed E-state index contributed by atoms with van der Waals surface area (Å²) >= 11 is 1.44. The molecule has 2 aromatic heterocycles. The van der Waals surface area contributed by atoms with Crippen LogP contribution in [-0.2, 0) is 19.1 Å². The lowest BCUT2D eigenvalue weighted by molar-refractivity contribution is -0.137. The minimum absolute atomic E-state index is 0.292. The number of likely N-dealkylation sites (tertiary alicyclic amines) is 2. The molecule has 264 valence electrons. The van der Waals surface area contributed by atoms with E-state index in [0.29, 0.717) is 67.4 Å². The van der Waals surface area contributed by atoms with Gasteiger partial charge in [0, 0.05) is 25.0 Å². The maximum Gasteiger partial charge on any atom is 0.410 e. The first-order chi connectivity index (χ1) is 24.2. The molecule has 15 heteroatoms. The third kappa shape index (κ3) is 7.83. The van der Waals surface area contributed by atoms with Crippen LogP contribution in [0, 0.1) is 0 Å². The van der Waals surface area contributed by atoms with Crippen molar-refractivity contribution in [3.8, 4) is 10.4 Å². The van der Waals surface area contributed by atoms with Gasteiger partial charge in [0.15, 0.2) is 10.8 Å². The summed E-state index contributed by atoms with van der Waals surface area (Å²) in [5, 5.41) is 17.5. The fourth-order valence-electron chi connectivity index (χ4n) is 6.51. The molecule has 3 atom stereocenters. The summed E-state index contributed by atoms with van der Waals surface area (Å²) in [6, 6.07) is 4.95. The average molecular weight is 704 g/mol. The van der Waals surface area contributed by atoms with Crippen molar-refractivity contribution in [1.29, 1.82) is 0 Å². The number of hydrogen-bond donors (Lipinski definition) is 4. The number of hydrogen-bond acceptors (Lipinski definition) is 8. The molecule has 5 amide bonds. The Morgan fingerprint density at radius 1 is 0.980 bits per heavy atom. The molecule has 14 nitrogen and oxygen atoms in total. The Bertz CT molecular complexity index is 1780. The fourth-order valence-corrected chi connectivity index (χ4v) is 7.49. The van der Waals surface area contributed by atoms with Crippen LogP contribution >= 0.6 is 11.3 Å². The molecule has 2 fully saturated rings. The maximum absolute atomic E-state index is 13.5. The summed E-state index contributed by atoms with van der Waals surface area (Å²) in [5.74, 6) is -0.664. The summed E-state index contributed by atoms with van der Waals surface area (Å²) in [4.78, 5) is 73.0. The lowest BCUT2D eigenvalue weighted by atomic mass is 9.98. The van der Waals surface area contributed by atoms with Gasteiger partial charge in [-0.1, -0.05) is 55.0 Å². The van der Waals surface area contributed by atoms with Crippen LogP contribution in [0.2, 0.25) is 0 Å². The Morgan fingerprint density at radius 2 is 1.70 bits per heavy atom. The fraction of sp³-hybridized carbons (Fsp3) is 0.429. The second-order valence-electron chi connectivity index (χ2n) is 12.5. The third-order valence-corrected chi connectivity index (χ3v) is 10.1. The SMILES string of the molecule is CCCCOC(=O)N1CCC[C@H]1C(=O)Nc1cn2cc(-c3ccc(NC(=O)[C@@H]4CCCN4C(=O)[C@H](NC(=O)O)C4=CCCC=C4)cc3)sc2n1. The van der Waals surface area contributed by atoms with E-state index in [1.807, 2.05) is 41.8 Å². The smallest absolute Gasteiger partial charge is 0.410 e. The van der Waals surface area contributed by atoms with E-state index in [1.165, 1.54) is 21.1 Å². The molecule has 0 unspecified atom stereocenters. The number of carbonyl (C=O) groups is 5. The van der Waals surface area contributed by atoms with Crippen LogP contribution in [-0.4, -0.2) is 92.0 Å². The van der Waals surface area contributed by atoms with Crippen LogP contribution in [0.4, 0.5) is 21.1 Å². The molecular weight excluding hydrogens is 662 g/mol. The Hall–Kier alpha value is -5.18. The summed E-state index contributed by atoms with van der Waals surface area (Å²) in [5.41, 5.74) is 2.06. The van der Waals surface area contributed by atoms with Crippen molar-refractivity contribution in [3.63, 3.8) is 0 Å². The van der Waals surface area contributed by atoms with Crippen molar-refractivity contribution in [2.75, 3.05) is 30.3 Å². The number of amides is 5. The zero-order valence-electron chi connectivity index (χ0n) is 27.8. The quantitative estimate of drug-likeness (QED) is 0.196.